The van der Waals surface area contributed by atoms with E-state index in [1.807, 2.05) is 31.2 Å². The van der Waals surface area contributed by atoms with Gasteiger partial charge in [-0.3, -0.25) is 4.79 Å². The predicted molar refractivity (Wildman–Crippen MR) is 103 cm³/mol. The van der Waals surface area contributed by atoms with Gasteiger partial charge in [0.2, 0.25) is 5.91 Å². The standard InChI is InChI=1S/C18H19N3O2S2/c1-4-23-13-7-5-12(6-8-13)14-10(2)24-17-15(14)18(21-9-20-17)25-11(3)16(19)22/h5-9,11H,4H2,1-3H3,(H2,19,22). The van der Waals surface area contributed by atoms with E-state index in [0.29, 0.717) is 6.61 Å². The van der Waals surface area contributed by atoms with Crippen molar-refractivity contribution in [3.05, 3.63) is 35.5 Å². The van der Waals surface area contributed by atoms with E-state index in [2.05, 4.69) is 16.9 Å². The molecule has 1 atom stereocenters. The first-order valence-corrected chi connectivity index (χ1v) is 9.64. The summed E-state index contributed by atoms with van der Waals surface area (Å²) in [5.74, 6) is 0.489. The number of aromatic nitrogens is 2. The zero-order valence-corrected chi connectivity index (χ0v) is 15.9. The average molecular weight is 374 g/mol. The van der Waals surface area contributed by atoms with E-state index in [0.717, 1.165) is 37.0 Å². The number of thiophene rings is 1. The second-order valence-electron chi connectivity index (χ2n) is 5.51. The average Bonchev–Trinajstić information content (AvgIpc) is 2.93. The number of amides is 1. The Bertz CT molecular complexity index is 907. The van der Waals surface area contributed by atoms with Crippen LogP contribution >= 0.6 is 23.1 Å². The number of fused-ring (bicyclic) bond motifs is 1. The third kappa shape index (κ3) is 3.62. The molecule has 1 amide bonds. The predicted octanol–water partition coefficient (Wildman–Crippen LogP) is 4.03. The molecule has 0 aliphatic rings. The van der Waals surface area contributed by atoms with Crippen LogP contribution in [0.5, 0.6) is 5.75 Å². The van der Waals surface area contributed by atoms with Crippen LogP contribution in [-0.2, 0) is 4.79 Å². The van der Waals surface area contributed by atoms with E-state index in [-0.39, 0.29) is 11.2 Å². The molecule has 25 heavy (non-hydrogen) atoms. The minimum Gasteiger partial charge on any atom is -0.494 e. The van der Waals surface area contributed by atoms with E-state index < -0.39 is 0 Å². The van der Waals surface area contributed by atoms with Crippen LogP contribution < -0.4 is 10.5 Å². The lowest BCUT2D eigenvalue weighted by molar-refractivity contribution is -0.117. The second kappa shape index (κ2) is 7.41. The summed E-state index contributed by atoms with van der Waals surface area (Å²) in [7, 11) is 0. The van der Waals surface area contributed by atoms with Gasteiger partial charge in [0.05, 0.1) is 17.2 Å². The Kier molecular flexibility index (Phi) is 5.24. The molecule has 0 spiro atoms. The molecule has 0 fully saturated rings. The van der Waals surface area contributed by atoms with Crippen molar-refractivity contribution >= 4 is 39.2 Å². The summed E-state index contributed by atoms with van der Waals surface area (Å²) in [5.41, 5.74) is 7.59. The highest BCUT2D eigenvalue weighted by Crippen LogP contribution is 2.42. The highest BCUT2D eigenvalue weighted by molar-refractivity contribution is 8.00. The number of aryl methyl sites for hydroxylation is 1. The number of benzene rings is 1. The quantitative estimate of drug-likeness (QED) is 0.521. The number of rotatable bonds is 6. The van der Waals surface area contributed by atoms with Crippen molar-refractivity contribution in [2.75, 3.05) is 6.61 Å². The van der Waals surface area contributed by atoms with E-state index >= 15 is 0 Å². The topological polar surface area (TPSA) is 78.1 Å². The lowest BCUT2D eigenvalue weighted by Crippen LogP contribution is -2.22. The highest BCUT2D eigenvalue weighted by atomic mass is 32.2. The van der Waals surface area contributed by atoms with Crippen LogP contribution in [0.1, 0.15) is 18.7 Å². The van der Waals surface area contributed by atoms with Crippen molar-refractivity contribution in [3.8, 4) is 16.9 Å². The molecule has 0 bridgehead atoms. The van der Waals surface area contributed by atoms with Gasteiger partial charge in [-0.15, -0.1) is 11.3 Å². The molecule has 0 saturated carbocycles. The van der Waals surface area contributed by atoms with Crippen LogP contribution in [0.2, 0.25) is 0 Å². The number of nitrogens with zero attached hydrogens (tertiary/aromatic N) is 2. The lowest BCUT2D eigenvalue weighted by atomic mass is 10.0. The minimum atomic E-state index is -0.355. The van der Waals surface area contributed by atoms with Gasteiger partial charge in [-0.25, -0.2) is 9.97 Å². The van der Waals surface area contributed by atoms with Crippen molar-refractivity contribution < 1.29 is 9.53 Å². The summed E-state index contributed by atoms with van der Waals surface area (Å²) in [6.07, 6.45) is 1.54. The molecule has 0 aliphatic heterocycles. The zero-order chi connectivity index (χ0) is 18.0. The first-order valence-electron chi connectivity index (χ1n) is 7.94. The van der Waals surface area contributed by atoms with Gasteiger partial charge in [-0.05, 0) is 38.5 Å². The Hall–Kier alpha value is -2.12. The third-order valence-electron chi connectivity index (χ3n) is 3.77. The highest BCUT2D eigenvalue weighted by Gasteiger charge is 2.20. The van der Waals surface area contributed by atoms with E-state index in [9.17, 15) is 4.79 Å². The molecule has 0 aliphatic carbocycles. The lowest BCUT2D eigenvalue weighted by Gasteiger charge is -2.10. The first-order chi connectivity index (χ1) is 12.0. The zero-order valence-electron chi connectivity index (χ0n) is 14.3. The summed E-state index contributed by atoms with van der Waals surface area (Å²) < 4.78 is 5.52. The van der Waals surface area contributed by atoms with Crippen LogP contribution in [0.4, 0.5) is 0 Å². The van der Waals surface area contributed by atoms with Crippen LogP contribution in [0.3, 0.4) is 0 Å². The number of ether oxygens (including phenoxy) is 1. The smallest absolute Gasteiger partial charge is 0.230 e. The van der Waals surface area contributed by atoms with Crippen molar-refractivity contribution in [3.63, 3.8) is 0 Å². The normalized spacial score (nSPS) is 12.3. The molecule has 2 heterocycles. The van der Waals surface area contributed by atoms with Gasteiger partial charge >= 0.3 is 0 Å². The van der Waals surface area contributed by atoms with Crippen LogP contribution in [0.25, 0.3) is 21.3 Å². The molecule has 0 radical (unpaired) electrons. The summed E-state index contributed by atoms with van der Waals surface area (Å²) in [4.78, 5) is 22.3. The molecule has 2 aromatic heterocycles. The molecular formula is C18H19N3O2S2. The number of carbonyl (C=O) groups is 1. The largest absolute Gasteiger partial charge is 0.494 e. The number of thioether (sulfide) groups is 1. The fraction of sp³-hybridized carbons (Fsp3) is 0.278. The first kappa shape index (κ1) is 17.7. The minimum absolute atomic E-state index is 0.355. The van der Waals surface area contributed by atoms with E-state index in [1.54, 1.807) is 18.3 Å². The maximum absolute atomic E-state index is 11.4. The number of hydrogen-bond acceptors (Lipinski definition) is 6. The Morgan fingerprint density at radius 2 is 2.04 bits per heavy atom. The summed E-state index contributed by atoms with van der Waals surface area (Å²) in [5, 5.41) is 1.41. The molecule has 0 saturated heterocycles. The van der Waals surface area contributed by atoms with Crippen LogP contribution in [0.15, 0.2) is 35.6 Å². The Morgan fingerprint density at radius 1 is 1.32 bits per heavy atom. The van der Waals surface area contributed by atoms with Gasteiger partial charge < -0.3 is 10.5 Å². The molecule has 3 aromatic rings. The maximum Gasteiger partial charge on any atom is 0.230 e. The van der Waals surface area contributed by atoms with Crippen LogP contribution in [0, 0.1) is 6.92 Å². The SMILES string of the molecule is CCOc1ccc(-c2c(C)sc3ncnc(SC(C)C(N)=O)c23)cc1. The van der Waals surface area contributed by atoms with Gasteiger partial charge in [-0.1, -0.05) is 23.9 Å². The summed E-state index contributed by atoms with van der Waals surface area (Å²) >= 11 is 3.00. The second-order valence-corrected chi connectivity index (χ2v) is 8.04. The molecule has 1 unspecified atom stereocenters. The van der Waals surface area contributed by atoms with Crippen molar-refractivity contribution in [2.24, 2.45) is 5.73 Å². The van der Waals surface area contributed by atoms with Crippen molar-refractivity contribution in [1.29, 1.82) is 0 Å². The number of primary amides is 1. The van der Waals surface area contributed by atoms with E-state index in [4.69, 9.17) is 10.5 Å². The Balaban J connectivity index is 2.11. The van der Waals surface area contributed by atoms with Crippen molar-refractivity contribution in [1.82, 2.24) is 9.97 Å². The fourth-order valence-corrected chi connectivity index (χ4v) is 4.52. The summed E-state index contributed by atoms with van der Waals surface area (Å²) in [6, 6.07) is 8.01. The Morgan fingerprint density at radius 3 is 2.68 bits per heavy atom. The number of hydrogen-bond donors (Lipinski definition) is 1. The molecule has 2 N–H and O–H groups in total. The number of nitrogens with two attached hydrogens (primary N) is 1. The van der Waals surface area contributed by atoms with Crippen molar-refractivity contribution in [2.45, 2.75) is 31.0 Å². The van der Waals surface area contributed by atoms with Gasteiger partial charge in [-0.2, -0.15) is 0 Å². The van der Waals surface area contributed by atoms with Crippen LogP contribution in [-0.4, -0.2) is 27.7 Å². The molecule has 130 valence electrons. The van der Waals surface area contributed by atoms with Gasteiger partial charge in [0, 0.05) is 10.4 Å². The maximum atomic E-state index is 11.4. The summed E-state index contributed by atoms with van der Waals surface area (Å²) in [6.45, 7) is 6.46. The molecule has 7 heteroatoms. The third-order valence-corrected chi connectivity index (χ3v) is 5.90. The Labute approximate surface area is 154 Å². The van der Waals surface area contributed by atoms with Gasteiger partial charge in [0.15, 0.2) is 0 Å². The van der Waals surface area contributed by atoms with E-state index in [1.165, 1.54) is 18.1 Å². The monoisotopic (exact) mass is 373 g/mol. The van der Waals surface area contributed by atoms with Gasteiger partial charge in [0.25, 0.3) is 0 Å². The van der Waals surface area contributed by atoms with Gasteiger partial charge in [0.1, 0.15) is 21.9 Å². The molecular weight excluding hydrogens is 354 g/mol. The fourth-order valence-electron chi connectivity index (χ4n) is 2.56. The molecule has 3 rings (SSSR count). The number of carbonyl (C=O) groups excluding carboxylic acids is 1. The molecule has 1 aromatic carbocycles. The molecule has 5 nitrogen and oxygen atoms in total.